The van der Waals surface area contributed by atoms with Gasteiger partial charge in [0.05, 0.1) is 5.69 Å². The first-order valence-electron chi connectivity index (χ1n) is 7.24. The number of carbonyl (C=O) groups is 1. The highest BCUT2D eigenvalue weighted by molar-refractivity contribution is 5.97. The second kappa shape index (κ2) is 7.72. The summed E-state index contributed by atoms with van der Waals surface area (Å²) < 4.78 is 42.6. The van der Waals surface area contributed by atoms with Crippen molar-refractivity contribution in [2.24, 2.45) is 0 Å². The third kappa shape index (κ3) is 4.65. The Labute approximate surface area is 137 Å². The number of anilines is 2. The molecular formula is C17H17F3N2O2. The summed E-state index contributed by atoms with van der Waals surface area (Å²) in [6, 6.07) is 9.69. The average Bonchev–Trinajstić information content (AvgIpc) is 2.52. The molecule has 0 spiro atoms. The van der Waals surface area contributed by atoms with E-state index in [1.165, 1.54) is 24.3 Å². The smallest absolute Gasteiger partial charge is 0.387 e. The van der Waals surface area contributed by atoms with Crippen molar-refractivity contribution in [2.75, 3.05) is 10.6 Å². The average molecular weight is 338 g/mol. The second-order valence-corrected chi connectivity index (χ2v) is 5.19. The number of carbonyl (C=O) groups excluding carboxylic acids is 1. The Bertz CT molecular complexity index is 723. The molecule has 0 aliphatic heterocycles. The highest BCUT2D eigenvalue weighted by Gasteiger charge is 2.16. The minimum absolute atomic E-state index is 0.130. The number of para-hydroxylation sites is 2. The number of alkyl halides is 2. The van der Waals surface area contributed by atoms with E-state index in [0.717, 1.165) is 0 Å². The molecule has 0 aliphatic carbocycles. The fourth-order valence-electron chi connectivity index (χ4n) is 2.01. The topological polar surface area (TPSA) is 50.4 Å². The first kappa shape index (κ1) is 17.7. The van der Waals surface area contributed by atoms with Gasteiger partial charge in [-0.2, -0.15) is 8.78 Å². The second-order valence-electron chi connectivity index (χ2n) is 5.19. The van der Waals surface area contributed by atoms with E-state index in [0.29, 0.717) is 11.3 Å². The van der Waals surface area contributed by atoms with Gasteiger partial charge in [0.25, 0.3) is 0 Å². The lowest BCUT2D eigenvalue weighted by atomic mass is 10.2. The standard InChI is InChI=1S/C17H17F3N2O2/c1-10-7-8-12(9-13(10)18)21-11(2)16(23)22-14-5-3-4-6-15(14)24-17(19)20/h3-9,11,17,21H,1-2H3,(H,22,23). The van der Waals surface area contributed by atoms with Gasteiger partial charge in [-0.1, -0.05) is 18.2 Å². The Morgan fingerprint density at radius 3 is 2.54 bits per heavy atom. The molecule has 24 heavy (non-hydrogen) atoms. The van der Waals surface area contributed by atoms with E-state index >= 15 is 0 Å². The van der Waals surface area contributed by atoms with Gasteiger partial charge in [-0.3, -0.25) is 4.79 Å². The van der Waals surface area contributed by atoms with Crippen LogP contribution in [0.25, 0.3) is 0 Å². The van der Waals surface area contributed by atoms with E-state index in [4.69, 9.17) is 0 Å². The highest BCUT2D eigenvalue weighted by Crippen LogP contribution is 2.25. The molecule has 0 bridgehead atoms. The number of ether oxygens (including phenoxy) is 1. The number of hydrogen-bond donors (Lipinski definition) is 2. The first-order chi connectivity index (χ1) is 11.4. The largest absolute Gasteiger partial charge is 0.433 e. The summed E-state index contributed by atoms with van der Waals surface area (Å²) in [5.74, 6) is -0.987. The van der Waals surface area contributed by atoms with Crippen LogP contribution in [0.5, 0.6) is 5.75 Å². The lowest BCUT2D eigenvalue weighted by Crippen LogP contribution is -2.32. The van der Waals surface area contributed by atoms with Crippen molar-refractivity contribution in [3.8, 4) is 5.75 Å². The molecule has 0 saturated carbocycles. The maximum atomic E-state index is 13.5. The van der Waals surface area contributed by atoms with Crippen molar-refractivity contribution in [3.63, 3.8) is 0 Å². The Kier molecular flexibility index (Phi) is 5.68. The normalized spacial score (nSPS) is 11.9. The summed E-state index contributed by atoms with van der Waals surface area (Å²) in [7, 11) is 0. The first-order valence-corrected chi connectivity index (χ1v) is 7.24. The molecule has 128 valence electrons. The van der Waals surface area contributed by atoms with Crippen LogP contribution in [0.1, 0.15) is 12.5 Å². The van der Waals surface area contributed by atoms with Crippen LogP contribution < -0.4 is 15.4 Å². The monoisotopic (exact) mass is 338 g/mol. The number of amides is 1. The fourth-order valence-corrected chi connectivity index (χ4v) is 2.01. The molecule has 0 aliphatic rings. The summed E-state index contributed by atoms with van der Waals surface area (Å²) in [5, 5.41) is 5.36. The van der Waals surface area contributed by atoms with E-state index in [2.05, 4.69) is 15.4 Å². The molecule has 0 saturated heterocycles. The quantitative estimate of drug-likeness (QED) is 0.831. The van der Waals surface area contributed by atoms with Gasteiger partial charge in [0.15, 0.2) is 0 Å². The van der Waals surface area contributed by atoms with Crippen molar-refractivity contribution in [2.45, 2.75) is 26.5 Å². The van der Waals surface area contributed by atoms with E-state index < -0.39 is 18.6 Å². The van der Waals surface area contributed by atoms with Crippen molar-refractivity contribution in [3.05, 3.63) is 53.8 Å². The molecule has 4 nitrogen and oxygen atoms in total. The van der Waals surface area contributed by atoms with Gasteiger partial charge in [-0.05, 0) is 43.7 Å². The Morgan fingerprint density at radius 1 is 1.17 bits per heavy atom. The van der Waals surface area contributed by atoms with Crippen molar-refractivity contribution in [1.29, 1.82) is 0 Å². The van der Waals surface area contributed by atoms with E-state index in [1.807, 2.05) is 0 Å². The van der Waals surface area contributed by atoms with Crippen LogP contribution in [0.2, 0.25) is 0 Å². The van der Waals surface area contributed by atoms with Crippen LogP contribution in [-0.4, -0.2) is 18.6 Å². The Morgan fingerprint density at radius 2 is 1.88 bits per heavy atom. The number of aryl methyl sites for hydroxylation is 1. The van der Waals surface area contributed by atoms with Crippen LogP contribution in [0, 0.1) is 12.7 Å². The van der Waals surface area contributed by atoms with Crippen molar-refractivity contribution in [1.82, 2.24) is 0 Å². The van der Waals surface area contributed by atoms with Gasteiger partial charge >= 0.3 is 6.61 Å². The number of nitrogens with one attached hydrogen (secondary N) is 2. The Hall–Kier alpha value is -2.70. The maximum absolute atomic E-state index is 13.5. The third-order valence-corrected chi connectivity index (χ3v) is 3.31. The summed E-state index contributed by atoms with van der Waals surface area (Å²) in [6.07, 6.45) is 0. The molecule has 0 heterocycles. The summed E-state index contributed by atoms with van der Waals surface area (Å²) in [4.78, 5) is 12.2. The SMILES string of the molecule is Cc1ccc(NC(C)C(=O)Nc2ccccc2OC(F)F)cc1F. The van der Waals surface area contributed by atoms with Crippen LogP contribution >= 0.6 is 0 Å². The summed E-state index contributed by atoms with van der Waals surface area (Å²) >= 11 is 0. The van der Waals surface area contributed by atoms with Gasteiger partial charge in [-0.15, -0.1) is 0 Å². The van der Waals surface area contributed by atoms with Gasteiger partial charge in [-0.25, -0.2) is 4.39 Å². The number of benzene rings is 2. The molecule has 0 fully saturated rings. The number of halogens is 3. The number of hydrogen-bond acceptors (Lipinski definition) is 3. The zero-order valence-electron chi connectivity index (χ0n) is 13.1. The predicted molar refractivity (Wildman–Crippen MR) is 85.9 cm³/mol. The Balaban J connectivity index is 2.05. The van der Waals surface area contributed by atoms with E-state index in [9.17, 15) is 18.0 Å². The zero-order valence-corrected chi connectivity index (χ0v) is 13.1. The molecular weight excluding hydrogens is 321 g/mol. The zero-order chi connectivity index (χ0) is 17.7. The molecule has 0 radical (unpaired) electrons. The molecule has 7 heteroatoms. The van der Waals surface area contributed by atoms with Crippen LogP contribution in [0.15, 0.2) is 42.5 Å². The predicted octanol–water partition coefficient (Wildman–Crippen LogP) is 4.17. The van der Waals surface area contributed by atoms with Gasteiger partial charge in [0.2, 0.25) is 5.91 Å². The van der Waals surface area contributed by atoms with Crippen LogP contribution in [0.3, 0.4) is 0 Å². The molecule has 0 aromatic heterocycles. The third-order valence-electron chi connectivity index (χ3n) is 3.31. The molecule has 2 aromatic rings. The lowest BCUT2D eigenvalue weighted by Gasteiger charge is -2.17. The van der Waals surface area contributed by atoms with E-state index in [-0.39, 0.29) is 17.3 Å². The molecule has 2 rings (SSSR count). The van der Waals surface area contributed by atoms with Crippen LogP contribution in [-0.2, 0) is 4.79 Å². The van der Waals surface area contributed by atoms with Crippen molar-refractivity contribution >= 4 is 17.3 Å². The summed E-state index contributed by atoms with van der Waals surface area (Å²) in [6.45, 7) is 0.216. The van der Waals surface area contributed by atoms with Gasteiger partial charge < -0.3 is 15.4 Å². The van der Waals surface area contributed by atoms with Crippen LogP contribution in [0.4, 0.5) is 24.5 Å². The molecule has 2 aromatic carbocycles. The number of rotatable bonds is 6. The minimum Gasteiger partial charge on any atom is -0.433 e. The highest BCUT2D eigenvalue weighted by atomic mass is 19.3. The van der Waals surface area contributed by atoms with E-state index in [1.54, 1.807) is 32.0 Å². The molecule has 1 unspecified atom stereocenters. The lowest BCUT2D eigenvalue weighted by molar-refractivity contribution is -0.116. The minimum atomic E-state index is -2.99. The van der Waals surface area contributed by atoms with Gasteiger partial charge in [0, 0.05) is 5.69 Å². The van der Waals surface area contributed by atoms with Crippen molar-refractivity contribution < 1.29 is 22.7 Å². The maximum Gasteiger partial charge on any atom is 0.387 e. The van der Waals surface area contributed by atoms with Gasteiger partial charge in [0.1, 0.15) is 17.6 Å². The summed E-state index contributed by atoms with van der Waals surface area (Å²) in [5.41, 5.74) is 1.07. The molecule has 1 atom stereocenters. The molecule has 1 amide bonds. The fraction of sp³-hybridized carbons (Fsp3) is 0.235. The molecule has 2 N–H and O–H groups in total.